The molecule has 2 aromatic rings. The van der Waals surface area contributed by atoms with Crippen LogP contribution < -0.4 is 4.74 Å². The lowest BCUT2D eigenvalue weighted by Crippen LogP contribution is -1.96. The predicted octanol–water partition coefficient (Wildman–Crippen LogP) is 4.25. The van der Waals surface area contributed by atoms with E-state index in [1.54, 1.807) is 23.9 Å². The van der Waals surface area contributed by atoms with Crippen molar-refractivity contribution in [3.05, 3.63) is 58.4 Å². The van der Waals surface area contributed by atoms with Gasteiger partial charge in [-0.1, -0.05) is 6.07 Å². The van der Waals surface area contributed by atoms with Crippen molar-refractivity contribution in [3.8, 4) is 11.5 Å². The van der Waals surface area contributed by atoms with Gasteiger partial charge in [-0.2, -0.15) is 4.39 Å². The maximum atomic E-state index is 13.4. The summed E-state index contributed by atoms with van der Waals surface area (Å²) in [6.45, 7) is 0. The number of nitrogens with zero attached hydrogens (tertiary/aromatic N) is 1. The summed E-state index contributed by atoms with van der Waals surface area (Å²) in [5.41, 5.74) is -0.656. The van der Waals surface area contributed by atoms with Gasteiger partial charge in [0.1, 0.15) is 5.75 Å². The third kappa shape index (κ3) is 3.03. The molecule has 0 bridgehead atoms. The van der Waals surface area contributed by atoms with Crippen molar-refractivity contribution in [1.29, 1.82) is 0 Å². The van der Waals surface area contributed by atoms with Crippen LogP contribution in [-0.2, 0) is 0 Å². The van der Waals surface area contributed by atoms with Gasteiger partial charge in [0.2, 0.25) is 11.6 Å². The van der Waals surface area contributed by atoms with Gasteiger partial charge in [0.25, 0.3) is 0 Å². The summed E-state index contributed by atoms with van der Waals surface area (Å²) < 4.78 is 18.8. The molecule has 0 aliphatic heterocycles. The molecule has 0 saturated carbocycles. The molecule has 0 spiro atoms. The molecule has 0 fully saturated rings. The van der Waals surface area contributed by atoms with Gasteiger partial charge in [-0.05, 0) is 42.7 Å². The second-order valence-corrected chi connectivity index (χ2v) is 4.50. The van der Waals surface area contributed by atoms with Gasteiger partial charge in [-0.3, -0.25) is 10.1 Å². The Balaban J connectivity index is 2.32. The first-order valence-electron chi connectivity index (χ1n) is 5.36. The molecule has 0 N–H and O–H groups in total. The van der Waals surface area contributed by atoms with Crippen LogP contribution in [0.3, 0.4) is 0 Å². The molecule has 19 heavy (non-hydrogen) atoms. The number of rotatable bonds is 4. The Morgan fingerprint density at radius 2 is 1.89 bits per heavy atom. The minimum Gasteiger partial charge on any atom is -0.450 e. The third-order valence-electron chi connectivity index (χ3n) is 2.42. The first kappa shape index (κ1) is 13.4. The van der Waals surface area contributed by atoms with E-state index in [2.05, 4.69) is 0 Å². The van der Waals surface area contributed by atoms with Crippen molar-refractivity contribution >= 4 is 17.4 Å². The minimum atomic E-state index is -0.914. The van der Waals surface area contributed by atoms with E-state index < -0.39 is 16.4 Å². The first-order chi connectivity index (χ1) is 9.11. The maximum Gasteiger partial charge on any atom is 0.346 e. The quantitative estimate of drug-likeness (QED) is 0.477. The lowest BCUT2D eigenvalue weighted by atomic mass is 10.3. The van der Waals surface area contributed by atoms with Crippen LogP contribution in [0.15, 0.2) is 47.4 Å². The highest BCUT2D eigenvalue weighted by Crippen LogP contribution is 2.33. The van der Waals surface area contributed by atoms with Crippen LogP contribution in [-0.4, -0.2) is 11.2 Å². The van der Waals surface area contributed by atoms with Crippen LogP contribution >= 0.6 is 11.8 Å². The summed E-state index contributed by atoms with van der Waals surface area (Å²) in [7, 11) is 0. The van der Waals surface area contributed by atoms with Crippen molar-refractivity contribution in [2.24, 2.45) is 0 Å². The molecule has 4 nitrogen and oxygen atoms in total. The lowest BCUT2D eigenvalue weighted by Gasteiger charge is -2.07. The summed E-state index contributed by atoms with van der Waals surface area (Å²) in [6.07, 6.45) is 1.94. The summed E-state index contributed by atoms with van der Waals surface area (Å²) in [6, 6.07) is 10.8. The molecular weight excluding hydrogens is 269 g/mol. The molecule has 2 rings (SSSR count). The van der Waals surface area contributed by atoms with E-state index in [0.29, 0.717) is 5.75 Å². The Bertz CT molecular complexity index is 601. The summed E-state index contributed by atoms with van der Waals surface area (Å²) in [5.74, 6) is -0.600. The Morgan fingerprint density at radius 1 is 1.21 bits per heavy atom. The molecule has 0 aromatic heterocycles. The third-order valence-corrected chi connectivity index (χ3v) is 3.16. The van der Waals surface area contributed by atoms with Crippen molar-refractivity contribution in [3.63, 3.8) is 0 Å². The molecule has 2 aromatic carbocycles. The molecule has 0 unspecified atom stereocenters. The average Bonchev–Trinajstić information content (AvgIpc) is 2.39. The van der Waals surface area contributed by atoms with Crippen molar-refractivity contribution in [2.45, 2.75) is 4.90 Å². The number of thioether (sulfide) groups is 1. The molecule has 0 radical (unpaired) electrons. The lowest BCUT2D eigenvalue weighted by molar-refractivity contribution is -0.388. The maximum absolute atomic E-state index is 13.4. The normalized spacial score (nSPS) is 10.2. The fourth-order valence-corrected chi connectivity index (χ4v) is 1.93. The van der Waals surface area contributed by atoms with Crippen LogP contribution in [0.2, 0.25) is 0 Å². The summed E-state index contributed by atoms with van der Waals surface area (Å²) in [4.78, 5) is 11.1. The van der Waals surface area contributed by atoms with Gasteiger partial charge in [0.15, 0.2) is 0 Å². The van der Waals surface area contributed by atoms with Crippen LogP contribution in [0.25, 0.3) is 0 Å². The molecule has 0 aliphatic carbocycles. The molecule has 0 heterocycles. The highest BCUT2D eigenvalue weighted by Gasteiger charge is 2.21. The smallest absolute Gasteiger partial charge is 0.346 e. The number of ether oxygens (including phenoxy) is 1. The molecule has 98 valence electrons. The van der Waals surface area contributed by atoms with E-state index in [1.165, 1.54) is 12.1 Å². The van der Waals surface area contributed by atoms with Gasteiger partial charge in [0, 0.05) is 4.90 Å². The Labute approximate surface area is 113 Å². The van der Waals surface area contributed by atoms with Crippen molar-refractivity contribution in [2.75, 3.05) is 6.26 Å². The molecule has 0 aliphatic rings. The number of hydrogen-bond donors (Lipinski definition) is 0. The van der Waals surface area contributed by atoms with Crippen molar-refractivity contribution < 1.29 is 14.1 Å². The summed E-state index contributed by atoms with van der Waals surface area (Å²) >= 11 is 1.57. The first-order valence-corrected chi connectivity index (χ1v) is 6.59. The van der Waals surface area contributed by atoms with E-state index in [-0.39, 0.29) is 5.75 Å². The summed E-state index contributed by atoms with van der Waals surface area (Å²) in [5, 5.41) is 10.8. The Hall–Kier alpha value is -2.08. The number of para-hydroxylation sites is 1. The predicted molar refractivity (Wildman–Crippen MR) is 71.4 cm³/mol. The zero-order chi connectivity index (χ0) is 13.8. The van der Waals surface area contributed by atoms with Crippen LogP contribution in [0.5, 0.6) is 11.5 Å². The van der Waals surface area contributed by atoms with Gasteiger partial charge in [-0.15, -0.1) is 11.8 Å². The van der Waals surface area contributed by atoms with Crippen LogP contribution in [0.1, 0.15) is 0 Å². The van der Waals surface area contributed by atoms with E-state index in [4.69, 9.17) is 4.74 Å². The topological polar surface area (TPSA) is 52.4 Å². The monoisotopic (exact) mass is 279 g/mol. The number of hydrogen-bond acceptors (Lipinski definition) is 4. The second kappa shape index (κ2) is 5.71. The van der Waals surface area contributed by atoms with E-state index in [1.807, 2.05) is 18.4 Å². The number of benzene rings is 2. The van der Waals surface area contributed by atoms with Gasteiger partial charge in [-0.25, -0.2) is 0 Å². The Kier molecular flexibility index (Phi) is 4.01. The SMILES string of the molecule is CSc1ccc(Oc2cccc(F)c2[N+](=O)[O-])cc1. The minimum absolute atomic E-state index is 0.109. The van der Waals surface area contributed by atoms with E-state index >= 15 is 0 Å². The van der Waals surface area contributed by atoms with Crippen LogP contribution in [0, 0.1) is 15.9 Å². The van der Waals surface area contributed by atoms with E-state index in [0.717, 1.165) is 11.0 Å². The second-order valence-electron chi connectivity index (χ2n) is 3.62. The average molecular weight is 279 g/mol. The fourth-order valence-electron chi connectivity index (χ4n) is 1.53. The molecule has 0 saturated heterocycles. The van der Waals surface area contributed by atoms with Crippen molar-refractivity contribution in [1.82, 2.24) is 0 Å². The standard InChI is InChI=1S/C13H10FNO3S/c1-19-10-7-5-9(6-8-10)18-12-4-2-3-11(14)13(12)15(16)17/h2-8H,1H3. The number of nitro benzene ring substituents is 1. The Morgan fingerprint density at radius 3 is 2.47 bits per heavy atom. The zero-order valence-corrected chi connectivity index (χ0v) is 10.8. The van der Waals surface area contributed by atoms with Gasteiger partial charge >= 0.3 is 5.69 Å². The largest absolute Gasteiger partial charge is 0.450 e. The van der Waals surface area contributed by atoms with E-state index in [9.17, 15) is 14.5 Å². The van der Waals surface area contributed by atoms with Gasteiger partial charge < -0.3 is 4.74 Å². The molecule has 0 amide bonds. The zero-order valence-electron chi connectivity index (χ0n) is 10.00. The van der Waals surface area contributed by atoms with Crippen LogP contribution in [0.4, 0.5) is 10.1 Å². The fraction of sp³-hybridized carbons (Fsp3) is 0.0769. The number of halogens is 1. The molecular formula is C13H10FNO3S. The number of nitro groups is 1. The molecule has 0 atom stereocenters. The highest BCUT2D eigenvalue weighted by molar-refractivity contribution is 7.98. The highest BCUT2D eigenvalue weighted by atomic mass is 32.2. The van der Waals surface area contributed by atoms with Gasteiger partial charge in [0.05, 0.1) is 4.92 Å². The molecule has 6 heteroatoms.